The van der Waals surface area contributed by atoms with Gasteiger partial charge in [-0.3, -0.25) is 0 Å². The van der Waals surface area contributed by atoms with E-state index in [9.17, 15) is 8.42 Å². The molecule has 0 saturated heterocycles. The van der Waals surface area contributed by atoms with Gasteiger partial charge in [0.2, 0.25) is 10.0 Å². The molecule has 0 fully saturated rings. The highest BCUT2D eigenvalue weighted by molar-refractivity contribution is 9.10. The average molecular weight is 390 g/mol. The van der Waals surface area contributed by atoms with Crippen molar-refractivity contribution in [3.8, 4) is 0 Å². The van der Waals surface area contributed by atoms with Gasteiger partial charge in [-0.2, -0.15) is 0 Å². The van der Waals surface area contributed by atoms with Crippen LogP contribution in [0, 0.1) is 0 Å². The number of hydrogen-bond acceptors (Lipinski definition) is 2. The molecule has 1 N–H and O–H groups in total. The van der Waals surface area contributed by atoms with Crippen molar-refractivity contribution < 1.29 is 8.42 Å². The van der Waals surface area contributed by atoms with E-state index in [1.54, 1.807) is 24.3 Å². The normalized spacial score (nSPS) is 13.1. The number of nitrogens with one attached hydrogen (secondary N) is 1. The van der Waals surface area contributed by atoms with Gasteiger partial charge in [-0.25, -0.2) is 13.1 Å². The number of halogens is 1. The molecule has 3 rings (SSSR count). The van der Waals surface area contributed by atoms with Crippen LogP contribution in [0.3, 0.4) is 0 Å². The molecule has 0 aliphatic carbocycles. The van der Waals surface area contributed by atoms with Crippen molar-refractivity contribution in [2.75, 3.05) is 0 Å². The van der Waals surface area contributed by atoms with Crippen molar-refractivity contribution >= 4 is 36.7 Å². The van der Waals surface area contributed by atoms with E-state index in [4.69, 9.17) is 0 Å². The molecule has 0 unspecified atom stereocenters. The van der Waals surface area contributed by atoms with E-state index in [-0.39, 0.29) is 10.9 Å². The Morgan fingerprint density at radius 3 is 2.30 bits per heavy atom. The molecule has 0 aliphatic heterocycles. The van der Waals surface area contributed by atoms with Crippen molar-refractivity contribution in [2.45, 2.75) is 17.9 Å². The fourth-order valence-electron chi connectivity index (χ4n) is 2.61. The molecule has 0 aliphatic rings. The van der Waals surface area contributed by atoms with E-state index in [2.05, 4.69) is 20.7 Å². The molecule has 0 spiro atoms. The van der Waals surface area contributed by atoms with Crippen molar-refractivity contribution in [1.82, 2.24) is 4.72 Å². The molecule has 3 aromatic rings. The third-order valence-corrected chi connectivity index (χ3v) is 5.83. The lowest BCUT2D eigenvalue weighted by Crippen LogP contribution is -2.27. The highest BCUT2D eigenvalue weighted by atomic mass is 79.9. The molecular weight excluding hydrogens is 374 g/mol. The molecule has 0 heterocycles. The maximum Gasteiger partial charge on any atom is 0.241 e. The van der Waals surface area contributed by atoms with Gasteiger partial charge < -0.3 is 0 Å². The third-order valence-electron chi connectivity index (χ3n) is 3.75. The SMILES string of the molecule is C[C@@H](NS(=O)(=O)c1ccc(Br)cc1)c1cccc2ccccc12. The summed E-state index contributed by atoms with van der Waals surface area (Å²) in [5.41, 5.74) is 0.962. The predicted octanol–water partition coefficient (Wildman–Crippen LogP) is 4.64. The Labute approximate surface area is 144 Å². The molecule has 118 valence electrons. The summed E-state index contributed by atoms with van der Waals surface area (Å²) < 4.78 is 28.7. The molecule has 0 aromatic heterocycles. The zero-order chi connectivity index (χ0) is 16.4. The van der Waals surface area contributed by atoms with Crippen LogP contribution in [-0.2, 0) is 10.0 Å². The second-order valence-electron chi connectivity index (χ2n) is 5.37. The second kappa shape index (κ2) is 6.43. The van der Waals surface area contributed by atoms with Crippen LogP contribution in [0.15, 0.2) is 76.1 Å². The number of sulfonamides is 1. The smallest absolute Gasteiger partial charge is 0.207 e. The Kier molecular flexibility index (Phi) is 4.53. The maximum atomic E-state index is 12.5. The highest BCUT2D eigenvalue weighted by Crippen LogP contribution is 2.25. The van der Waals surface area contributed by atoms with Gasteiger partial charge in [-0.1, -0.05) is 58.4 Å². The monoisotopic (exact) mass is 389 g/mol. The maximum absolute atomic E-state index is 12.5. The van der Waals surface area contributed by atoms with E-state index in [0.717, 1.165) is 20.8 Å². The molecule has 1 atom stereocenters. The van der Waals surface area contributed by atoms with E-state index < -0.39 is 10.0 Å². The fraction of sp³-hybridized carbons (Fsp3) is 0.111. The van der Waals surface area contributed by atoms with Gasteiger partial charge in [0.15, 0.2) is 0 Å². The Balaban J connectivity index is 1.94. The van der Waals surface area contributed by atoms with Crippen molar-refractivity contribution in [3.63, 3.8) is 0 Å². The lowest BCUT2D eigenvalue weighted by molar-refractivity contribution is 0.567. The van der Waals surface area contributed by atoms with E-state index in [1.807, 2.05) is 49.4 Å². The van der Waals surface area contributed by atoms with Gasteiger partial charge in [-0.15, -0.1) is 0 Å². The van der Waals surface area contributed by atoms with Gasteiger partial charge in [0.1, 0.15) is 0 Å². The number of benzene rings is 3. The van der Waals surface area contributed by atoms with Gasteiger partial charge in [0.25, 0.3) is 0 Å². The molecule has 5 heteroatoms. The number of rotatable bonds is 4. The van der Waals surface area contributed by atoms with Crippen LogP contribution >= 0.6 is 15.9 Å². The minimum absolute atomic E-state index is 0.257. The van der Waals surface area contributed by atoms with Crippen molar-refractivity contribution in [3.05, 3.63) is 76.8 Å². The molecular formula is C18H16BrNO2S. The summed E-state index contributed by atoms with van der Waals surface area (Å²) in [5, 5.41) is 2.15. The van der Waals surface area contributed by atoms with Crippen molar-refractivity contribution in [1.29, 1.82) is 0 Å². The molecule has 0 amide bonds. The van der Waals surface area contributed by atoms with Crippen LogP contribution in [0.25, 0.3) is 10.8 Å². The third kappa shape index (κ3) is 3.47. The predicted molar refractivity (Wildman–Crippen MR) is 96.8 cm³/mol. The standard InChI is InChI=1S/C18H16BrNO2S/c1-13(17-8-4-6-14-5-2-3-7-18(14)17)20-23(21,22)16-11-9-15(19)10-12-16/h2-13,20H,1H3/t13-/m1/s1. The van der Waals surface area contributed by atoms with Gasteiger partial charge in [-0.05, 0) is 47.5 Å². The van der Waals surface area contributed by atoms with E-state index in [0.29, 0.717) is 0 Å². The van der Waals surface area contributed by atoms with Crippen LogP contribution in [0.5, 0.6) is 0 Å². The summed E-state index contributed by atoms with van der Waals surface area (Å²) in [7, 11) is -3.56. The number of hydrogen-bond donors (Lipinski definition) is 1. The molecule has 3 nitrogen and oxygen atoms in total. The largest absolute Gasteiger partial charge is 0.241 e. The average Bonchev–Trinajstić information content (AvgIpc) is 2.54. The van der Waals surface area contributed by atoms with Crippen LogP contribution in [0.4, 0.5) is 0 Å². The minimum Gasteiger partial charge on any atom is -0.207 e. The summed E-state index contributed by atoms with van der Waals surface area (Å²) in [5.74, 6) is 0. The molecule has 3 aromatic carbocycles. The van der Waals surface area contributed by atoms with E-state index in [1.165, 1.54) is 0 Å². The fourth-order valence-corrected chi connectivity index (χ4v) is 4.09. The Morgan fingerprint density at radius 1 is 0.913 bits per heavy atom. The van der Waals surface area contributed by atoms with Crippen LogP contribution in [0.1, 0.15) is 18.5 Å². The topological polar surface area (TPSA) is 46.2 Å². The Hall–Kier alpha value is -1.69. The van der Waals surface area contributed by atoms with Crippen molar-refractivity contribution in [2.24, 2.45) is 0 Å². The summed E-state index contributed by atoms with van der Waals surface area (Å²) in [4.78, 5) is 0.257. The lowest BCUT2D eigenvalue weighted by Gasteiger charge is -2.17. The van der Waals surface area contributed by atoms with Gasteiger partial charge in [0, 0.05) is 10.5 Å². The molecule has 0 bridgehead atoms. The summed E-state index contributed by atoms with van der Waals surface area (Å²) in [6, 6.07) is 20.2. The Bertz CT molecular complexity index is 931. The van der Waals surface area contributed by atoms with Gasteiger partial charge in [0.05, 0.1) is 4.90 Å². The molecule has 0 radical (unpaired) electrons. The quantitative estimate of drug-likeness (QED) is 0.706. The number of fused-ring (bicyclic) bond motifs is 1. The zero-order valence-electron chi connectivity index (χ0n) is 12.5. The summed E-state index contributed by atoms with van der Waals surface area (Å²) in [6.45, 7) is 1.86. The second-order valence-corrected chi connectivity index (χ2v) is 7.99. The zero-order valence-corrected chi connectivity index (χ0v) is 14.9. The summed E-state index contributed by atoms with van der Waals surface area (Å²) in [6.07, 6.45) is 0. The van der Waals surface area contributed by atoms with E-state index >= 15 is 0 Å². The summed E-state index contributed by atoms with van der Waals surface area (Å²) >= 11 is 3.31. The lowest BCUT2D eigenvalue weighted by atomic mass is 10.0. The van der Waals surface area contributed by atoms with Crippen LogP contribution in [0.2, 0.25) is 0 Å². The first-order valence-electron chi connectivity index (χ1n) is 7.23. The minimum atomic E-state index is -3.56. The van der Waals surface area contributed by atoms with Crippen LogP contribution < -0.4 is 4.72 Å². The highest BCUT2D eigenvalue weighted by Gasteiger charge is 2.19. The first-order chi connectivity index (χ1) is 11.0. The molecule has 23 heavy (non-hydrogen) atoms. The van der Waals surface area contributed by atoms with Crippen LogP contribution in [-0.4, -0.2) is 8.42 Å². The Morgan fingerprint density at radius 2 is 1.57 bits per heavy atom. The molecule has 0 saturated carbocycles. The van der Waals surface area contributed by atoms with Gasteiger partial charge >= 0.3 is 0 Å². The first-order valence-corrected chi connectivity index (χ1v) is 9.50. The first kappa shape index (κ1) is 16.2.